The van der Waals surface area contributed by atoms with Crippen molar-refractivity contribution in [1.29, 1.82) is 0 Å². The highest BCUT2D eigenvalue weighted by Gasteiger charge is 2.18. The van der Waals surface area contributed by atoms with Crippen LogP contribution in [0.3, 0.4) is 0 Å². The molecule has 0 unspecified atom stereocenters. The molecule has 0 fully saturated rings. The van der Waals surface area contributed by atoms with Gasteiger partial charge in [-0.15, -0.1) is 0 Å². The van der Waals surface area contributed by atoms with Gasteiger partial charge in [-0.05, 0) is 24.3 Å². The van der Waals surface area contributed by atoms with Crippen molar-refractivity contribution in [2.75, 3.05) is 11.1 Å². The lowest BCUT2D eigenvalue weighted by atomic mass is 10.3. The van der Waals surface area contributed by atoms with E-state index in [1.54, 1.807) is 0 Å². The summed E-state index contributed by atoms with van der Waals surface area (Å²) in [6.07, 6.45) is 0.928. The van der Waals surface area contributed by atoms with E-state index in [2.05, 4.69) is 10.4 Å². The van der Waals surface area contributed by atoms with Crippen LogP contribution in [0.2, 0.25) is 0 Å². The number of sulfone groups is 1. The number of nitrogens with one attached hydrogen (secondary N) is 1. The largest absolute Gasteiger partial charge is 0.506 e. The lowest BCUT2D eigenvalue weighted by molar-refractivity contribution is 0.0561. The SMILES string of the molecule is CCS(=O)(=O)c1ccc(O)c(NC(=O)c2ccn(C(F)F)n2)c1. The van der Waals surface area contributed by atoms with Gasteiger partial charge in [0.2, 0.25) is 0 Å². The molecule has 2 N–H and O–H groups in total. The highest BCUT2D eigenvalue weighted by atomic mass is 32.2. The van der Waals surface area contributed by atoms with E-state index in [9.17, 15) is 27.1 Å². The topological polar surface area (TPSA) is 101 Å². The number of aromatic hydroxyl groups is 1. The van der Waals surface area contributed by atoms with Crippen molar-refractivity contribution in [3.8, 4) is 5.75 Å². The number of carbonyl (C=O) groups is 1. The third-order valence-corrected chi connectivity index (χ3v) is 4.73. The predicted molar refractivity (Wildman–Crippen MR) is 77.3 cm³/mol. The number of phenols is 1. The minimum absolute atomic E-state index is 0.0776. The number of rotatable bonds is 5. The Balaban J connectivity index is 2.28. The standard InChI is InChI=1S/C13H13F2N3O4S/c1-2-23(21,22)8-3-4-11(19)10(7-8)16-12(20)9-5-6-18(17-9)13(14)15/h3-7,13,19H,2H2,1H3,(H,16,20). The minimum Gasteiger partial charge on any atom is -0.506 e. The molecule has 0 spiro atoms. The summed E-state index contributed by atoms with van der Waals surface area (Å²) in [7, 11) is -3.53. The van der Waals surface area contributed by atoms with Crippen molar-refractivity contribution in [2.45, 2.75) is 18.4 Å². The van der Waals surface area contributed by atoms with Gasteiger partial charge in [0.25, 0.3) is 5.91 Å². The predicted octanol–water partition coefficient (Wildman–Crippen LogP) is 2.03. The number of alkyl halides is 2. The molecular weight excluding hydrogens is 332 g/mol. The first-order valence-corrected chi connectivity index (χ1v) is 8.10. The Bertz CT molecular complexity index is 833. The van der Waals surface area contributed by atoms with Crippen LogP contribution < -0.4 is 5.32 Å². The Morgan fingerprint density at radius 3 is 2.65 bits per heavy atom. The van der Waals surface area contributed by atoms with Crippen molar-refractivity contribution in [2.24, 2.45) is 0 Å². The summed E-state index contributed by atoms with van der Waals surface area (Å²) >= 11 is 0. The van der Waals surface area contributed by atoms with Crippen molar-refractivity contribution >= 4 is 21.4 Å². The maximum absolute atomic E-state index is 12.4. The van der Waals surface area contributed by atoms with Gasteiger partial charge in [-0.3, -0.25) is 4.79 Å². The van der Waals surface area contributed by atoms with Crippen molar-refractivity contribution in [3.63, 3.8) is 0 Å². The Morgan fingerprint density at radius 1 is 1.39 bits per heavy atom. The van der Waals surface area contributed by atoms with Crippen LogP contribution >= 0.6 is 0 Å². The van der Waals surface area contributed by atoms with E-state index in [0.29, 0.717) is 4.68 Å². The van der Waals surface area contributed by atoms with Crippen LogP contribution in [0.5, 0.6) is 5.75 Å². The highest BCUT2D eigenvalue weighted by Crippen LogP contribution is 2.27. The summed E-state index contributed by atoms with van der Waals surface area (Å²) in [6.45, 7) is -1.43. The Kier molecular flexibility index (Phi) is 4.64. The summed E-state index contributed by atoms with van der Waals surface area (Å²) in [6, 6.07) is 4.49. The molecular formula is C13H13F2N3O4S. The van der Waals surface area contributed by atoms with E-state index in [0.717, 1.165) is 24.4 Å². The molecule has 1 aromatic heterocycles. The smallest absolute Gasteiger partial charge is 0.333 e. The third kappa shape index (κ3) is 3.65. The molecule has 2 aromatic rings. The van der Waals surface area contributed by atoms with Gasteiger partial charge >= 0.3 is 6.55 Å². The molecule has 1 amide bonds. The molecule has 7 nitrogen and oxygen atoms in total. The van der Waals surface area contributed by atoms with Gasteiger partial charge in [0, 0.05) is 6.20 Å². The summed E-state index contributed by atoms with van der Waals surface area (Å²) < 4.78 is 48.7. The summed E-state index contributed by atoms with van der Waals surface area (Å²) in [5.41, 5.74) is -0.454. The number of hydrogen-bond donors (Lipinski definition) is 2. The molecule has 0 saturated heterocycles. The maximum Gasteiger partial charge on any atom is 0.333 e. The normalized spacial score (nSPS) is 11.7. The van der Waals surface area contributed by atoms with Crippen molar-refractivity contribution in [1.82, 2.24) is 9.78 Å². The van der Waals surface area contributed by atoms with Crippen LogP contribution in [0.4, 0.5) is 14.5 Å². The van der Waals surface area contributed by atoms with Crippen LogP contribution in [0, 0.1) is 0 Å². The lowest BCUT2D eigenvalue weighted by Crippen LogP contribution is -2.14. The van der Waals surface area contributed by atoms with Crippen LogP contribution in [0.15, 0.2) is 35.4 Å². The first-order valence-electron chi connectivity index (χ1n) is 6.45. The van der Waals surface area contributed by atoms with Gasteiger partial charge in [-0.25, -0.2) is 13.1 Å². The van der Waals surface area contributed by atoms with Crippen molar-refractivity contribution < 1.29 is 27.1 Å². The zero-order chi connectivity index (χ0) is 17.2. The number of amides is 1. The van der Waals surface area contributed by atoms with Gasteiger partial charge in [-0.2, -0.15) is 13.9 Å². The molecule has 0 radical (unpaired) electrons. The molecule has 0 aliphatic rings. The van der Waals surface area contributed by atoms with Crippen LogP contribution in [0.1, 0.15) is 24.0 Å². The molecule has 2 rings (SSSR count). The molecule has 0 aliphatic heterocycles. The molecule has 0 atom stereocenters. The second-order valence-corrected chi connectivity index (χ2v) is 6.77. The monoisotopic (exact) mass is 345 g/mol. The van der Waals surface area contributed by atoms with Gasteiger partial charge in [0.1, 0.15) is 5.75 Å². The molecule has 1 aromatic carbocycles. The van der Waals surface area contributed by atoms with E-state index >= 15 is 0 Å². The first-order chi connectivity index (χ1) is 10.7. The zero-order valence-electron chi connectivity index (χ0n) is 11.9. The van der Waals surface area contributed by atoms with Crippen LogP contribution in [-0.2, 0) is 9.84 Å². The van der Waals surface area contributed by atoms with E-state index in [1.165, 1.54) is 13.0 Å². The molecule has 1 heterocycles. The first kappa shape index (κ1) is 16.9. The molecule has 0 aliphatic carbocycles. The van der Waals surface area contributed by atoms with Gasteiger partial charge in [0.15, 0.2) is 15.5 Å². The summed E-state index contributed by atoms with van der Waals surface area (Å²) in [4.78, 5) is 11.9. The molecule has 23 heavy (non-hydrogen) atoms. The van der Waals surface area contributed by atoms with Gasteiger partial charge in [-0.1, -0.05) is 6.92 Å². The van der Waals surface area contributed by atoms with Crippen LogP contribution in [0.25, 0.3) is 0 Å². The molecule has 124 valence electrons. The maximum atomic E-state index is 12.4. The number of phenolic OH excluding ortho intramolecular Hbond substituents is 1. The quantitative estimate of drug-likeness (QED) is 0.808. The van der Waals surface area contributed by atoms with E-state index < -0.39 is 22.3 Å². The van der Waals surface area contributed by atoms with E-state index in [4.69, 9.17) is 0 Å². The fraction of sp³-hybridized carbons (Fsp3) is 0.231. The average Bonchev–Trinajstić information content (AvgIpc) is 2.99. The fourth-order valence-corrected chi connectivity index (χ4v) is 2.64. The van der Waals surface area contributed by atoms with Crippen LogP contribution in [-0.4, -0.2) is 35.0 Å². The number of benzene rings is 1. The Morgan fingerprint density at radius 2 is 2.09 bits per heavy atom. The Labute approximate surface area is 130 Å². The molecule has 0 saturated carbocycles. The van der Waals surface area contributed by atoms with Gasteiger partial charge < -0.3 is 10.4 Å². The third-order valence-electron chi connectivity index (χ3n) is 3.00. The van der Waals surface area contributed by atoms with E-state index in [-0.39, 0.29) is 27.8 Å². The molecule has 0 bridgehead atoms. The second-order valence-electron chi connectivity index (χ2n) is 4.50. The number of carbonyl (C=O) groups excluding carboxylic acids is 1. The average molecular weight is 345 g/mol. The number of halogens is 2. The van der Waals surface area contributed by atoms with Crippen molar-refractivity contribution in [3.05, 3.63) is 36.2 Å². The lowest BCUT2D eigenvalue weighted by Gasteiger charge is -2.08. The minimum atomic E-state index is -3.53. The number of anilines is 1. The zero-order valence-corrected chi connectivity index (χ0v) is 12.7. The second kappa shape index (κ2) is 6.32. The molecule has 10 heteroatoms. The summed E-state index contributed by atoms with van der Waals surface area (Å²) in [5.74, 6) is -1.36. The number of aromatic nitrogens is 2. The fourth-order valence-electron chi connectivity index (χ4n) is 1.73. The Hall–Kier alpha value is -2.49. The highest BCUT2D eigenvalue weighted by molar-refractivity contribution is 7.91. The number of nitrogens with zero attached hydrogens (tertiary/aromatic N) is 2. The summed E-state index contributed by atoms with van der Waals surface area (Å²) in [5, 5.41) is 15.3. The number of hydrogen-bond acceptors (Lipinski definition) is 5. The van der Waals surface area contributed by atoms with Gasteiger partial charge in [0.05, 0.1) is 16.3 Å². The van der Waals surface area contributed by atoms with E-state index in [1.807, 2.05) is 0 Å².